The van der Waals surface area contributed by atoms with Crippen LogP contribution in [-0.2, 0) is 4.74 Å². The molecule has 0 N–H and O–H groups in total. The Morgan fingerprint density at radius 2 is 1.93 bits per heavy atom. The highest BCUT2D eigenvalue weighted by Crippen LogP contribution is 2.34. The molecule has 0 amide bonds. The Morgan fingerprint density at radius 1 is 1.21 bits per heavy atom. The van der Waals surface area contributed by atoms with Gasteiger partial charge in [0, 0.05) is 11.8 Å². The molecule has 0 unspecified atom stereocenters. The molecule has 0 spiro atoms. The summed E-state index contributed by atoms with van der Waals surface area (Å²) >= 11 is 0. The summed E-state index contributed by atoms with van der Waals surface area (Å²) in [4.78, 5) is 0. The van der Waals surface area contributed by atoms with Crippen LogP contribution in [0.15, 0.2) is 36.1 Å². The van der Waals surface area contributed by atoms with E-state index in [2.05, 4.69) is 32.1 Å². The molecule has 1 aliphatic heterocycles. The fraction of sp³-hybridized carbons (Fsp3) is 0.385. The summed E-state index contributed by atoms with van der Waals surface area (Å²) in [7, 11) is 0. The van der Waals surface area contributed by atoms with E-state index in [4.69, 9.17) is 4.74 Å². The SMILES string of the molecule is CC1(C)CO/C(=C/c2ccccc2)C1. The monoisotopic (exact) mass is 188 g/mol. The van der Waals surface area contributed by atoms with Crippen molar-refractivity contribution in [2.45, 2.75) is 20.3 Å². The molecule has 1 nitrogen and oxygen atoms in total. The normalized spacial score (nSPS) is 22.3. The van der Waals surface area contributed by atoms with Crippen molar-refractivity contribution in [3.63, 3.8) is 0 Å². The predicted octanol–water partition coefficient (Wildman–Crippen LogP) is 3.47. The zero-order valence-corrected chi connectivity index (χ0v) is 8.79. The molecule has 1 aliphatic rings. The number of ether oxygens (including phenoxy) is 1. The first-order valence-electron chi connectivity index (χ1n) is 5.04. The van der Waals surface area contributed by atoms with Crippen LogP contribution in [0.5, 0.6) is 0 Å². The third kappa shape index (κ3) is 2.16. The Morgan fingerprint density at radius 3 is 2.50 bits per heavy atom. The van der Waals surface area contributed by atoms with Gasteiger partial charge in [-0.1, -0.05) is 44.2 Å². The Kier molecular flexibility index (Phi) is 2.32. The lowest BCUT2D eigenvalue weighted by molar-refractivity contribution is 0.208. The lowest BCUT2D eigenvalue weighted by Gasteiger charge is -2.10. The molecule has 1 heteroatoms. The van der Waals surface area contributed by atoms with Crippen LogP contribution in [0.2, 0.25) is 0 Å². The van der Waals surface area contributed by atoms with Gasteiger partial charge in [-0.3, -0.25) is 0 Å². The van der Waals surface area contributed by atoms with Crippen molar-refractivity contribution in [2.24, 2.45) is 5.41 Å². The molecule has 1 heterocycles. The molecule has 1 aromatic carbocycles. The first-order valence-corrected chi connectivity index (χ1v) is 5.04. The quantitative estimate of drug-likeness (QED) is 0.655. The third-order valence-electron chi connectivity index (χ3n) is 2.43. The van der Waals surface area contributed by atoms with E-state index in [1.807, 2.05) is 18.2 Å². The van der Waals surface area contributed by atoms with E-state index in [-0.39, 0.29) is 0 Å². The van der Waals surface area contributed by atoms with E-state index in [1.54, 1.807) is 0 Å². The molecule has 14 heavy (non-hydrogen) atoms. The molecular weight excluding hydrogens is 172 g/mol. The van der Waals surface area contributed by atoms with Crippen LogP contribution in [0.4, 0.5) is 0 Å². The van der Waals surface area contributed by atoms with Gasteiger partial charge in [-0.2, -0.15) is 0 Å². The highest BCUT2D eigenvalue weighted by atomic mass is 16.5. The molecule has 0 saturated carbocycles. The maximum absolute atomic E-state index is 5.63. The second-order valence-corrected chi connectivity index (χ2v) is 4.65. The molecular formula is C13H16O. The van der Waals surface area contributed by atoms with Gasteiger partial charge in [-0.05, 0) is 11.6 Å². The highest BCUT2D eigenvalue weighted by molar-refractivity contribution is 5.51. The van der Waals surface area contributed by atoms with E-state index in [1.165, 1.54) is 5.56 Å². The smallest absolute Gasteiger partial charge is 0.0972 e. The molecule has 2 rings (SSSR count). The van der Waals surface area contributed by atoms with Gasteiger partial charge in [0.15, 0.2) is 0 Å². The van der Waals surface area contributed by atoms with Crippen molar-refractivity contribution in [2.75, 3.05) is 6.61 Å². The lowest BCUT2D eigenvalue weighted by Crippen LogP contribution is -2.08. The van der Waals surface area contributed by atoms with Crippen molar-refractivity contribution in [3.05, 3.63) is 41.7 Å². The van der Waals surface area contributed by atoms with Gasteiger partial charge in [0.05, 0.1) is 12.4 Å². The summed E-state index contributed by atoms with van der Waals surface area (Å²) < 4.78 is 5.63. The Bertz CT molecular complexity index is 336. The number of hydrogen-bond donors (Lipinski definition) is 0. The summed E-state index contributed by atoms with van der Waals surface area (Å²) in [6.07, 6.45) is 3.18. The molecule has 0 radical (unpaired) electrons. The van der Waals surface area contributed by atoms with Crippen LogP contribution < -0.4 is 0 Å². The standard InChI is InChI=1S/C13H16O/c1-13(2)9-12(14-10-13)8-11-6-4-3-5-7-11/h3-8H,9-10H2,1-2H3/b12-8+. The molecule has 74 valence electrons. The van der Waals surface area contributed by atoms with Crippen LogP contribution in [0.1, 0.15) is 25.8 Å². The van der Waals surface area contributed by atoms with Gasteiger partial charge in [0.25, 0.3) is 0 Å². The largest absolute Gasteiger partial charge is 0.497 e. The number of allylic oxidation sites excluding steroid dienone is 1. The molecule has 1 saturated heterocycles. The van der Waals surface area contributed by atoms with Crippen LogP contribution in [0.25, 0.3) is 6.08 Å². The van der Waals surface area contributed by atoms with Gasteiger partial charge in [0.1, 0.15) is 0 Å². The van der Waals surface area contributed by atoms with E-state index in [9.17, 15) is 0 Å². The van der Waals surface area contributed by atoms with Crippen LogP contribution in [0, 0.1) is 5.41 Å². The first-order chi connectivity index (χ1) is 6.66. The van der Waals surface area contributed by atoms with Crippen molar-refractivity contribution in [1.82, 2.24) is 0 Å². The zero-order chi connectivity index (χ0) is 10.0. The molecule has 0 atom stereocenters. The second-order valence-electron chi connectivity index (χ2n) is 4.65. The second kappa shape index (κ2) is 3.49. The van der Waals surface area contributed by atoms with E-state index in [0.29, 0.717) is 5.41 Å². The predicted molar refractivity (Wildman–Crippen MR) is 58.8 cm³/mol. The number of hydrogen-bond acceptors (Lipinski definition) is 1. The van der Waals surface area contributed by atoms with Crippen LogP contribution in [0.3, 0.4) is 0 Å². The summed E-state index contributed by atoms with van der Waals surface area (Å²) in [6, 6.07) is 10.3. The van der Waals surface area contributed by atoms with Crippen molar-refractivity contribution in [1.29, 1.82) is 0 Å². The highest BCUT2D eigenvalue weighted by Gasteiger charge is 2.28. The summed E-state index contributed by atoms with van der Waals surface area (Å²) in [6.45, 7) is 5.31. The van der Waals surface area contributed by atoms with Crippen molar-refractivity contribution in [3.8, 4) is 0 Å². The average molecular weight is 188 g/mol. The summed E-state index contributed by atoms with van der Waals surface area (Å²) in [5.41, 5.74) is 1.53. The van der Waals surface area contributed by atoms with Crippen molar-refractivity contribution >= 4 is 6.08 Å². The first kappa shape index (κ1) is 9.32. The fourth-order valence-electron chi connectivity index (χ4n) is 1.69. The minimum Gasteiger partial charge on any atom is -0.497 e. The van der Waals surface area contributed by atoms with E-state index in [0.717, 1.165) is 18.8 Å². The average Bonchev–Trinajstić information content (AvgIpc) is 2.47. The van der Waals surface area contributed by atoms with E-state index < -0.39 is 0 Å². The van der Waals surface area contributed by atoms with E-state index >= 15 is 0 Å². The molecule has 1 fully saturated rings. The summed E-state index contributed by atoms with van der Waals surface area (Å²) in [5.74, 6) is 1.11. The Labute approximate surface area is 85.4 Å². The van der Waals surface area contributed by atoms with Gasteiger partial charge in [0.2, 0.25) is 0 Å². The van der Waals surface area contributed by atoms with Crippen molar-refractivity contribution < 1.29 is 4.74 Å². The van der Waals surface area contributed by atoms with Gasteiger partial charge >= 0.3 is 0 Å². The Hall–Kier alpha value is -1.24. The Balaban J connectivity index is 2.14. The summed E-state index contributed by atoms with van der Waals surface area (Å²) in [5, 5.41) is 0. The number of rotatable bonds is 1. The maximum Gasteiger partial charge on any atom is 0.0972 e. The van der Waals surface area contributed by atoms with Gasteiger partial charge in [-0.25, -0.2) is 0 Å². The minimum atomic E-state index is 0.306. The van der Waals surface area contributed by atoms with Crippen LogP contribution >= 0.6 is 0 Å². The third-order valence-corrected chi connectivity index (χ3v) is 2.43. The van der Waals surface area contributed by atoms with Crippen LogP contribution in [-0.4, -0.2) is 6.61 Å². The lowest BCUT2D eigenvalue weighted by atomic mass is 9.92. The fourth-order valence-corrected chi connectivity index (χ4v) is 1.69. The molecule has 0 aliphatic carbocycles. The topological polar surface area (TPSA) is 9.23 Å². The number of benzene rings is 1. The van der Waals surface area contributed by atoms with Gasteiger partial charge < -0.3 is 4.74 Å². The van der Waals surface area contributed by atoms with Gasteiger partial charge in [-0.15, -0.1) is 0 Å². The molecule has 0 bridgehead atoms. The molecule has 0 aromatic heterocycles. The molecule has 1 aromatic rings. The minimum absolute atomic E-state index is 0.306. The zero-order valence-electron chi connectivity index (χ0n) is 8.79. The maximum atomic E-state index is 5.63.